The number of hydrogen-bond acceptors (Lipinski definition) is 4. The fourth-order valence-electron chi connectivity index (χ4n) is 7.65. The number of alkyl halides is 2. The molecule has 5 rings (SSSR count). The standard InChI is InChI=1S/C40H63F2N5O/c1-13-24(3)35-45-44-33(14-2)47(35)29-20-30-23-37(8,9)32(21-29)46(30)28(7)38(10,11)34(31-17-15-16-25(4)27(31)6)43-36(48)39(12)18-19-40(41,42)26(5)22-39/h15-17,24,26,28-30,32,34H,13-14,18-23H2,1-12H3,(H,43,48)/t24?,26?,28?,29-,30?,32-,34+,39?/m0/s1/i20D2,21D2,23D2,29D,30D,32D. The number of carbonyl (C=O) groups is 1. The van der Waals surface area contributed by atoms with Crippen LogP contribution in [0.3, 0.4) is 0 Å². The second-order valence-corrected chi connectivity index (χ2v) is 16.0. The van der Waals surface area contributed by atoms with Crippen LogP contribution in [0.5, 0.6) is 0 Å². The number of nitrogens with one attached hydrogen (secondary N) is 1. The number of benzene rings is 1. The van der Waals surface area contributed by atoms with Crippen molar-refractivity contribution < 1.29 is 25.9 Å². The SMILES string of the molecule is [2H]C1([2H])C2([2H])N(C(C)C(C)(C)[C@H](NC(=O)C3(C)CCC(F)(F)C(C)C3)c3cccc(C)c3C)[C@]([2H])(C1(C)C)C([2H])([2H])[C@@]([2H])(n1c(CC)nnc1C(C)CC)C2([2H])[2H]. The van der Waals surface area contributed by atoms with Gasteiger partial charge in [-0.15, -0.1) is 10.2 Å². The first-order chi connectivity index (χ1) is 25.7. The molecule has 8 heteroatoms. The number of aromatic nitrogens is 3. The van der Waals surface area contributed by atoms with Gasteiger partial charge in [0.1, 0.15) is 11.6 Å². The Morgan fingerprint density at radius 3 is 2.44 bits per heavy atom. The number of nitrogens with zero attached hydrogens (tertiary/aromatic N) is 4. The Kier molecular flexibility index (Phi) is 7.21. The van der Waals surface area contributed by atoms with Crippen molar-refractivity contribution in [2.45, 2.75) is 176 Å². The van der Waals surface area contributed by atoms with Gasteiger partial charge in [0.25, 0.3) is 5.92 Å². The normalized spacial score (nSPS) is 41.0. The van der Waals surface area contributed by atoms with E-state index in [0.29, 0.717) is 12.0 Å². The molecule has 3 aliphatic rings. The molecule has 1 aliphatic carbocycles. The van der Waals surface area contributed by atoms with Crippen LogP contribution in [0.2, 0.25) is 0 Å². The maximum absolute atomic E-state index is 14.7. The molecule has 48 heavy (non-hydrogen) atoms. The topological polar surface area (TPSA) is 63.1 Å². The zero-order valence-electron chi connectivity index (χ0n) is 40.0. The molecule has 0 spiro atoms. The number of halogens is 2. The number of piperidine rings is 1. The van der Waals surface area contributed by atoms with Gasteiger partial charge in [-0.2, -0.15) is 0 Å². The summed E-state index contributed by atoms with van der Waals surface area (Å²) in [6.45, 7) is 20.0. The van der Waals surface area contributed by atoms with Crippen molar-refractivity contribution in [3.8, 4) is 0 Å². The third kappa shape index (κ3) is 6.37. The summed E-state index contributed by atoms with van der Waals surface area (Å²) in [6.07, 6.45) is -9.59. The van der Waals surface area contributed by atoms with E-state index in [-0.39, 0.29) is 30.9 Å². The first-order valence-electron chi connectivity index (χ1n) is 22.2. The van der Waals surface area contributed by atoms with Crippen LogP contribution >= 0.6 is 0 Å². The molecule has 1 N–H and O–H groups in total. The molecule has 1 aromatic carbocycles. The van der Waals surface area contributed by atoms with Crippen LogP contribution in [-0.2, 0) is 11.2 Å². The van der Waals surface area contributed by atoms with E-state index in [1.807, 2.05) is 39.0 Å². The predicted octanol–water partition coefficient (Wildman–Crippen LogP) is 9.51. The zero-order valence-corrected chi connectivity index (χ0v) is 31.0. The number of aryl methyl sites for hydroxylation is 2. The van der Waals surface area contributed by atoms with Gasteiger partial charge in [0.2, 0.25) is 5.91 Å². The first kappa shape index (κ1) is 26.5. The fourth-order valence-corrected chi connectivity index (χ4v) is 7.65. The number of rotatable bonds is 10. The van der Waals surface area contributed by atoms with Crippen LogP contribution in [0.25, 0.3) is 0 Å². The van der Waals surface area contributed by atoms with Crippen molar-refractivity contribution in [1.82, 2.24) is 25.0 Å². The molecule has 3 heterocycles. The van der Waals surface area contributed by atoms with Gasteiger partial charge in [0, 0.05) is 70.6 Å². The first-order valence-corrected chi connectivity index (χ1v) is 17.7. The number of hydrogen-bond donors (Lipinski definition) is 1. The van der Waals surface area contributed by atoms with Crippen LogP contribution in [0, 0.1) is 36.0 Å². The molecule has 2 aliphatic heterocycles. The van der Waals surface area contributed by atoms with E-state index in [0.717, 1.165) is 20.6 Å². The van der Waals surface area contributed by atoms with E-state index >= 15 is 0 Å². The molecule has 3 fully saturated rings. The van der Waals surface area contributed by atoms with Crippen molar-refractivity contribution in [3.63, 3.8) is 0 Å². The highest BCUT2D eigenvalue weighted by atomic mass is 19.3. The van der Waals surface area contributed by atoms with Gasteiger partial charge in [0.05, 0.1) is 7.41 Å². The lowest BCUT2D eigenvalue weighted by Crippen LogP contribution is -2.58. The van der Waals surface area contributed by atoms with E-state index in [1.165, 1.54) is 20.8 Å². The lowest BCUT2D eigenvalue weighted by Gasteiger charge is -2.52. The summed E-state index contributed by atoms with van der Waals surface area (Å²) in [5, 5.41) is 11.7. The lowest BCUT2D eigenvalue weighted by atomic mass is 9.67. The summed E-state index contributed by atoms with van der Waals surface area (Å²) in [5.41, 5.74) is -2.28. The highest BCUT2D eigenvalue weighted by molar-refractivity contribution is 5.83. The van der Waals surface area contributed by atoms with E-state index < -0.39 is 95.6 Å². The molecule has 268 valence electrons. The Morgan fingerprint density at radius 1 is 1.12 bits per heavy atom. The van der Waals surface area contributed by atoms with Crippen molar-refractivity contribution in [1.29, 1.82) is 0 Å². The molecule has 8 atom stereocenters. The number of carbonyl (C=O) groups excluding carboxylic acids is 1. The minimum absolute atomic E-state index is 0.0641. The summed E-state index contributed by atoms with van der Waals surface area (Å²) >= 11 is 0. The van der Waals surface area contributed by atoms with Crippen LogP contribution in [-0.4, -0.2) is 49.6 Å². The van der Waals surface area contributed by atoms with E-state index in [1.54, 1.807) is 41.5 Å². The summed E-state index contributed by atoms with van der Waals surface area (Å²) in [4.78, 5) is 15.5. The summed E-state index contributed by atoms with van der Waals surface area (Å²) in [6, 6.07) is -5.66. The molecule has 1 aromatic heterocycles. The second-order valence-electron chi connectivity index (χ2n) is 16.0. The van der Waals surface area contributed by atoms with Crippen LogP contribution in [0.1, 0.15) is 173 Å². The zero-order chi connectivity index (χ0) is 43.7. The van der Waals surface area contributed by atoms with Gasteiger partial charge < -0.3 is 9.88 Å². The summed E-state index contributed by atoms with van der Waals surface area (Å²) in [7, 11) is 0. The Hall–Kier alpha value is -2.35. The predicted molar refractivity (Wildman–Crippen MR) is 190 cm³/mol. The van der Waals surface area contributed by atoms with E-state index in [9.17, 15) is 25.9 Å². The third-order valence-electron chi connectivity index (χ3n) is 11.8. The molecule has 0 radical (unpaired) electrons. The minimum Gasteiger partial charge on any atom is -0.348 e. The van der Waals surface area contributed by atoms with Crippen LogP contribution in [0.4, 0.5) is 8.78 Å². The van der Waals surface area contributed by atoms with Crippen molar-refractivity contribution in [3.05, 3.63) is 46.5 Å². The average Bonchev–Trinajstić information content (AvgIpc) is 3.59. The summed E-state index contributed by atoms with van der Waals surface area (Å²) in [5.74, 6) is -4.67. The van der Waals surface area contributed by atoms with E-state index in [2.05, 4.69) is 15.5 Å². The molecule has 2 saturated heterocycles. The molecule has 1 amide bonds. The van der Waals surface area contributed by atoms with Crippen LogP contribution < -0.4 is 5.32 Å². The molecular weight excluding hydrogens is 604 g/mol. The number of fused-ring (bicyclic) bond motifs is 2. The smallest absolute Gasteiger partial charge is 0.250 e. The van der Waals surface area contributed by atoms with Gasteiger partial charge in [-0.3, -0.25) is 9.69 Å². The number of amides is 1. The van der Waals surface area contributed by atoms with E-state index in [4.69, 9.17) is 0 Å². The van der Waals surface area contributed by atoms with Gasteiger partial charge in [-0.1, -0.05) is 80.5 Å². The molecule has 2 bridgehead atoms. The van der Waals surface area contributed by atoms with Crippen LogP contribution in [0.15, 0.2) is 18.2 Å². The van der Waals surface area contributed by atoms with Gasteiger partial charge in [0.15, 0.2) is 0 Å². The molecule has 5 unspecified atom stereocenters. The molecule has 1 saturated carbocycles. The fraction of sp³-hybridized carbons (Fsp3) is 0.775. The minimum atomic E-state index is -3.39. The third-order valence-corrected chi connectivity index (χ3v) is 11.8. The monoisotopic (exact) mass is 677 g/mol. The van der Waals surface area contributed by atoms with Crippen molar-refractivity contribution in [2.75, 3.05) is 0 Å². The maximum Gasteiger partial charge on any atom is 0.250 e. The maximum atomic E-state index is 14.7. The highest BCUT2D eigenvalue weighted by Gasteiger charge is 2.57. The second kappa shape index (κ2) is 13.1. The Bertz CT molecular complexity index is 1870. The Morgan fingerprint density at radius 2 is 1.81 bits per heavy atom. The molecular formula is C40H63F2N5O. The molecule has 2 aromatic rings. The average molecular weight is 677 g/mol. The van der Waals surface area contributed by atoms with Gasteiger partial charge in [-0.05, 0) is 81.3 Å². The summed E-state index contributed by atoms with van der Waals surface area (Å²) < 4.78 is 121. The Labute approximate surface area is 301 Å². The van der Waals surface area contributed by atoms with Gasteiger partial charge in [-0.25, -0.2) is 8.78 Å². The lowest BCUT2D eigenvalue weighted by molar-refractivity contribution is -0.147. The quantitative estimate of drug-likeness (QED) is 0.272. The Balaban J connectivity index is 1.78. The van der Waals surface area contributed by atoms with Crippen molar-refractivity contribution in [2.24, 2.45) is 22.2 Å². The largest absolute Gasteiger partial charge is 0.348 e. The van der Waals surface area contributed by atoms with Crippen molar-refractivity contribution >= 4 is 5.91 Å². The van der Waals surface area contributed by atoms with Gasteiger partial charge >= 0.3 is 0 Å². The molecule has 6 nitrogen and oxygen atoms in total. The highest BCUT2D eigenvalue weighted by Crippen LogP contribution is 2.55.